The third-order valence-electron chi connectivity index (χ3n) is 3.66. The van der Waals surface area contributed by atoms with Gasteiger partial charge in [-0.3, -0.25) is 0 Å². The highest BCUT2D eigenvalue weighted by Crippen LogP contribution is 2.33. The second kappa shape index (κ2) is 4.10. The van der Waals surface area contributed by atoms with E-state index >= 15 is 0 Å². The number of nitrogens with two attached hydrogens (primary N) is 1. The lowest BCUT2D eigenvalue weighted by molar-refractivity contribution is 0.299. The molecule has 1 fully saturated rings. The van der Waals surface area contributed by atoms with Crippen molar-refractivity contribution in [3.05, 3.63) is 29.3 Å². The second-order valence-electron chi connectivity index (χ2n) is 5.11. The molecule has 3 rings (SSSR count). The molecule has 0 radical (unpaired) electrons. The highest BCUT2D eigenvalue weighted by molar-refractivity contribution is 5.39. The maximum absolute atomic E-state index is 6.13. The zero-order chi connectivity index (χ0) is 11.0. The summed E-state index contributed by atoms with van der Waals surface area (Å²) in [6.07, 6.45) is 6.18. The molecule has 1 saturated carbocycles. The molecule has 0 spiro atoms. The molecule has 2 heteroatoms. The molecule has 0 bridgehead atoms. The van der Waals surface area contributed by atoms with Crippen LogP contribution in [0.25, 0.3) is 0 Å². The van der Waals surface area contributed by atoms with E-state index in [1.54, 1.807) is 0 Å². The van der Waals surface area contributed by atoms with Crippen LogP contribution in [-0.2, 0) is 6.42 Å². The first-order valence-corrected chi connectivity index (χ1v) is 6.34. The Morgan fingerprint density at radius 1 is 1.25 bits per heavy atom. The monoisotopic (exact) mass is 217 g/mol. The lowest BCUT2D eigenvalue weighted by Gasteiger charge is -2.22. The highest BCUT2D eigenvalue weighted by atomic mass is 16.5. The van der Waals surface area contributed by atoms with Crippen LogP contribution in [0.5, 0.6) is 5.75 Å². The topological polar surface area (TPSA) is 35.2 Å². The number of fused-ring (bicyclic) bond motifs is 1. The van der Waals surface area contributed by atoms with Gasteiger partial charge in [0.25, 0.3) is 0 Å². The molecule has 86 valence electrons. The molecule has 2 N–H and O–H groups in total. The Balaban J connectivity index is 1.76. The minimum Gasteiger partial charge on any atom is -0.493 e. The number of benzene rings is 1. The first kappa shape index (κ1) is 10.2. The summed E-state index contributed by atoms with van der Waals surface area (Å²) >= 11 is 0. The van der Waals surface area contributed by atoms with Gasteiger partial charge in [-0.05, 0) is 61.3 Å². The SMILES string of the molecule is N[C@H]1CCCc2ccc(OCC3CC3)cc21. The molecule has 0 saturated heterocycles. The van der Waals surface area contributed by atoms with Crippen LogP contribution in [0, 0.1) is 5.92 Å². The Labute approximate surface area is 96.8 Å². The fraction of sp³-hybridized carbons (Fsp3) is 0.571. The Kier molecular flexibility index (Phi) is 2.60. The summed E-state index contributed by atoms with van der Waals surface area (Å²) in [5.41, 5.74) is 8.85. The Hall–Kier alpha value is -1.02. The fourth-order valence-electron chi connectivity index (χ4n) is 2.40. The first-order valence-electron chi connectivity index (χ1n) is 6.34. The maximum Gasteiger partial charge on any atom is 0.119 e. The van der Waals surface area contributed by atoms with Gasteiger partial charge in [0.2, 0.25) is 0 Å². The molecule has 1 atom stereocenters. The molecule has 0 amide bonds. The number of hydrogen-bond donors (Lipinski definition) is 1. The van der Waals surface area contributed by atoms with Crippen LogP contribution in [0.3, 0.4) is 0 Å². The molecule has 16 heavy (non-hydrogen) atoms. The van der Waals surface area contributed by atoms with E-state index in [4.69, 9.17) is 10.5 Å². The minimum absolute atomic E-state index is 0.216. The Morgan fingerprint density at radius 2 is 2.12 bits per heavy atom. The van der Waals surface area contributed by atoms with Crippen molar-refractivity contribution in [2.45, 2.75) is 38.1 Å². The quantitative estimate of drug-likeness (QED) is 0.845. The molecule has 0 unspecified atom stereocenters. The van der Waals surface area contributed by atoms with E-state index in [1.165, 1.54) is 36.8 Å². The number of aryl methyl sites for hydroxylation is 1. The van der Waals surface area contributed by atoms with E-state index in [9.17, 15) is 0 Å². The van der Waals surface area contributed by atoms with Gasteiger partial charge < -0.3 is 10.5 Å². The zero-order valence-corrected chi connectivity index (χ0v) is 9.61. The lowest BCUT2D eigenvalue weighted by atomic mass is 9.88. The Bertz CT molecular complexity index is 384. The zero-order valence-electron chi connectivity index (χ0n) is 9.61. The summed E-state index contributed by atoms with van der Waals surface area (Å²) in [6, 6.07) is 6.66. The normalized spacial score (nSPS) is 23.9. The number of rotatable bonds is 3. The van der Waals surface area contributed by atoms with Crippen molar-refractivity contribution in [2.75, 3.05) is 6.61 Å². The molecule has 0 aliphatic heterocycles. The standard InChI is InChI=1S/C14H19NO/c15-14-3-1-2-11-6-7-12(8-13(11)14)16-9-10-4-5-10/h6-8,10,14H,1-5,9,15H2/t14-/m0/s1. The summed E-state index contributed by atoms with van der Waals surface area (Å²) < 4.78 is 5.79. The third kappa shape index (κ3) is 2.07. The molecule has 2 aliphatic rings. The molecular formula is C14H19NO. The van der Waals surface area contributed by atoms with Gasteiger partial charge >= 0.3 is 0 Å². The van der Waals surface area contributed by atoms with Crippen molar-refractivity contribution in [3.8, 4) is 5.75 Å². The van der Waals surface area contributed by atoms with E-state index in [0.29, 0.717) is 0 Å². The molecular weight excluding hydrogens is 198 g/mol. The number of hydrogen-bond acceptors (Lipinski definition) is 2. The maximum atomic E-state index is 6.13. The summed E-state index contributed by atoms with van der Waals surface area (Å²) in [4.78, 5) is 0. The van der Waals surface area contributed by atoms with Crippen molar-refractivity contribution in [1.29, 1.82) is 0 Å². The van der Waals surface area contributed by atoms with Gasteiger partial charge in [-0.1, -0.05) is 6.07 Å². The van der Waals surface area contributed by atoms with Crippen LogP contribution >= 0.6 is 0 Å². The molecule has 2 aliphatic carbocycles. The molecule has 2 nitrogen and oxygen atoms in total. The predicted octanol–water partition coefficient (Wildman–Crippen LogP) is 2.81. The van der Waals surface area contributed by atoms with E-state index in [0.717, 1.165) is 24.7 Å². The van der Waals surface area contributed by atoms with Crippen LogP contribution in [0.15, 0.2) is 18.2 Å². The van der Waals surface area contributed by atoms with E-state index in [2.05, 4.69) is 18.2 Å². The summed E-state index contributed by atoms with van der Waals surface area (Å²) in [6.45, 7) is 0.883. The third-order valence-corrected chi connectivity index (χ3v) is 3.66. The van der Waals surface area contributed by atoms with Crippen molar-refractivity contribution < 1.29 is 4.74 Å². The van der Waals surface area contributed by atoms with Crippen molar-refractivity contribution >= 4 is 0 Å². The second-order valence-corrected chi connectivity index (χ2v) is 5.11. The van der Waals surface area contributed by atoms with E-state index in [1.807, 2.05) is 0 Å². The van der Waals surface area contributed by atoms with Crippen LogP contribution in [0.2, 0.25) is 0 Å². The van der Waals surface area contributed by atoms with Gasteiger partial charge in [0, 0.05) is 6.04 Å². The van der Waals surface area contributed by atoms with Crippen molar-refractivity contribution in [1.82, 2.24) is 0 Å². The van der Waals surface area contributed by atoms with Crippen LogP contribution in [0.4, 0.5) is 0 Å². The van der Waals surface area contributed by atoms with Gasteiger partial charge in [0.15, 0.2) is 0 Å². The van der Waals surface area contributed by atoms with Crippen LogP contribution < -0.4 is 10.5 Å². The summed E-state index contributed by atoms with van der Waals surface area (Å²) in [5.74, 6) is 1.81. The van der Waals surface area contributed by atoms with Gasteiger partial charge in [0.1, 0.15) is 5.75 Å². The van der Waals surface area contributed by atoms with Gasteiger partial charge in [-0.2, -0.15) is 0 Å². The average molecular weight is 217 g/mol. The van der Waals surface area contributed by atoms with E-state index in [-0.39, 0.29) is 6.04 Å². The first-order chi connectivity index (χ1) is 7.83. The molecule has 0 aromatic heterocycles. The molecule has 0 heterocycles. The summed E-state index contributed by atoms with van der Waals surface area (Å²) in [7, 11) is 0. The molecule has 1 aromatic carbocycles. The average Bonchev–Trinajstić information content (AvgIpc) is 3.11. The van der Waals surface area contributed by atoms with Crippen molar-refractivity contribution in [2.24, 2.45) is 11.7 Å². The Morgan fingerprint density at radius 3 is 2.94 bits per heavy atom. The van der Waals surface area contributed by atoms with Crippen LogP contribution in [0.1, 0.15) is 42.9 Å². The van der Waals surface area contributed by atoms with Gasteiger partial charge in [-0.25, -0.2) is 0 Å². The minimum atomic E-state index is 0.216. The number of ether oxygens (including phenoxy) is 1. The summed E-state index contributed by atoms with van der Waals surface area (Å²) in [5, 5.41) is 0. The predicted molar refractivity (Wildman–Crippen MR) is 64.5 cm³/mol. The fourth-order valence-corrected chi connectivity index (χ4v) is 2.40. The van der Waals surface area contributed by atoms with Crippen LogP contribution in [-0.4, -0.2) is 6.61 Å². The highest BCUT2D eigenvalue weighted by Gasteiger charge is 2.22. The van der Waals surface area contributed by atoms with Gasteiger partial charge in [0.05, 0.1) is 6.61 Å². The molecule has 1 aromatic rings. The lowest BCUT2D eigenvalue weighted by Crippen LogP contribution is -2.17. The van der Waals surface area contributed by atoms with Gasteiger partial charge in [-0.15, -0.1) is 0 Å². The largest absolute Gasteiger partial charge is 0.493 e. The smallest absolute Gasteiger partial charge is 0.119 e. The van der Waals surface area contributed by atoms with Crippen molar-refractivity contribution in [3.63, 3.8) is 0 Å². The van der Waals surface area contributed by atoms with E-state index < -0.39 is 0 Å².